The third kappa shape index (κ3) is 5.58. The molecule has 1 N–H and O–H groups in total. The smallest absolute Gasteiger partial charge is 0.317 e. The highest BCUT2D eigenvalue weighted by Gasteiger charge is 2.26. The third-order valence-corrected chi connectivity index (χ3v) is 3.67. The monoisotopic (exact) mass is 367 g/mol. The van der Waals surface area contributed by atoms with Gasteiger partial charge in [0.1, 0.15) is 0 Å². The summed E-state index contributed by atoms with van der Waals surface area (Å²) in [7, 11) is 1.20. The molecule has 9 heteroatoms. The van der Waals surface area contributed by atoms with E-state index in [-0.39, 0.29) is 5.69 Å². The van der Waals surface area contributed by atoms with Crippen LogP contribution in [-0.4, -0.2) is 30.1 Å². The first-order chi connectivity index (χ1) is 13.0. The molecule has 0 bridgehead atoms. The summed E-state index contributed by atoms with van der Waals surface area (Å²) >= 11 is 0. The summed E-state index contributed by atoms with van der Waals surface area (Å²) in [5.74, 6) is -0.704. The summed E-state index contributed by atoms with van der Waals surface area (Å²) in [6, 6.07) is 13.2. The van der Waals surface area contributed by atoms with Gasteiger partial charge < -0.3 is 10.1 Å². The molecule has 0 radical (unpaired) electrons. The molecule has 0 aliphatic rings. The lowest BCUT2D eigenvalue weighted by Crippen LogP contribution is -2.37. The minimum absolute atomic E-state index is 0.0588. The molecular formula is C18H17N5O4. The third-order valence-electron chi connectivity index (χ3n) is 3.67. The largest absolute Gasteiger partial charge is 0.469 e. The number of non-ortho nitro benzene ring substituents is 1. The van der Waals surface area contributed by atoms with Crippen LogP contribution < -0.4 is 5.32 Å². The summed E-state index contributed by atoms with van der Waals surface area (Å²) < 4.78 is 4.72. The second-order valence-corrected chi connectivity index (χ2v) is 5.42. The van der Waals surface area contributed by atoms with Crippen LogP contribution in [0.25, 0.3) is 16.5 Å². The van der Waals surface area contributed by atoms with Crippen LogP contribution in [-0.2, 0) is 9.53 Å². The summed E-state index contributed by atoms with van der Waals surface area (Å²) in [5, 5.41) is 17.3. The number of carbonyl (C=O) groups excluding carboxylic acids is 1. The van der Waals surface area contributed by atoms with E-state index < -0.39 is 23.0 Å². The van der Waals surface area contributed by atoms with Crippen molar-refractivity contribution in [2.45, 2.75) is 12.1 Å². The van der Waals surface area contributed by atoms with Gasteiger partial charge in [-0.3, -0.25) is 14.9 Å². The van der Waals surface area contributed by atoms with E-state index >= 15 is 0 Å². The zero-order chi connectivity index (χ0) is 19.6. The number of azide groups is 1. The maximum absolute atomic E-state index is 12.0. The number of esters is 1. The van der Waals surface area contributed by atoms with E-state index in [9.17, 15) is 14.9 Å². The Morgan fingerprint density at radius 1 is 1.26 bits per heavy atom. The van der Waals surface area contributed by atoms with Crippen molar-refractivity contribution in [1.29, 1.82) is 0 Å². The second-order valence-electron chi connectivity index (χ2n) is 5.42. The van der Waals surface area contributed by atoms with Gasteiger partial charge in [-0.05, 0) is 23.2 Å². The number of ether oxygens (including phenoxy) is 1. The molecule has 0 amide bonds. The van der Waals surface area contributed by atoms with Gasteiger partial charge in [0.25, 0.3) is 5.69 Å². The number of carbonyl (C=O) groups is 1. The topological polar surface area (TPSA) is 130 Å². The van der Waals surface area contributed by atoms with Gasteiger partial charge in [-0.25, -0.2) is 0 Å². The lowest BCUT2D eigenvalue weighted by atomic mass is 10.1. The molecule has 2 rings (SSSR count). The number of nitrogens with zero attached hydrogens (tertiary/aromatic N) is 4. The fraction of sp³-hybridized carbons (Fsp3) is 0.167. The minimum Gasteiger partial charge on any atom is -0.469 e. The maximum atomic E-state index is 12.0. The van der Waals surface area contributed by atoms with Crippen LogP contribution in [0.2, 0.25) is 0 Å². The van der Waals surface area contributed by atoms with Crippen molar-refractivity contribution >= 4 is 23.4 Å². The highest BCUT2D eigenvalue weighted by Crippen LogP contribution is 2.19. The normalized spacial score (nSPS) is 12.6. The molecule has 27 heavy (non-hydrogen) atoms. The summed E-state index contributed by atoms with van der Waals surface area (Å²) in [5.41, 5.74) is 10.1. The van der Waals surface area contributed by atoms with Crippen molar-refractivity contribution in [3.05, 3.63) is 86.8 Å². The van der Waals surface area contributed by atoms with Gasteiger partial charge in [-0.15, -0.1) is 0 Å². The zero-order valence-corrected chi connectivity index (χ0v) is 14.4. The van der Waals surface area contributed by atoms with Gasteiger partial charge in [0, 0.05) is 22.7 Å². The fourth-order valence-corrected chi connectivity index (χ4v) is 2.32. The molecule has 0 aliphatic carbocycles. The van der Waals surface area contributed by atoms with Gasteiger partial charge >= 0.3 is 5.97 Å². The first kappa shape index (κ1) is 19.5. The Hall–Kier alpha value is -3.84. The number of rotatable bonds is 8. The van der Waals surface area contributed by atoms with Crippen molar-refractivity contribution in [3.8, 4) is 0 Å². The fourth-order valence-electron chi connectivity index (χ4n) is 2.32. The minimum atomic E-state index is -1.16. The van der Waals surface area contributed by atoms with Crippen molar-refractivity contribution in [3.63, 3.8) is 0 Å². The van der Waals surface area contributed by atoms with Crippen LogP contribution in [0.5, 0.6) is 0 Å². The molecule has 0 unspecified atom stereocenters. The van der Waals surface area contributed by atoms with E-state index in [0.717, 1.165) is 5.56 Å². The van der Waals surface area contributed by atoms with Crippen molar-refractivity contribution in [2.75, 3.05) is 12.4 Å². The molecular weight excluding hydrogens is 350 g/mol. The lowest BCUT2D eigenvalue weighted by molar-refractivity contribution is -0.384. The van der Waals surface area contributed by atoms with Crippen LogP contribution in [0.15, 0.2) is 65.8 Å². The Kier molecular flexibility index (Phi) is 6.92. The average molecular weight is 367 g/mol. The van der Waals surface area contributed by atoms with Gasteiger partial charge in [0.15, 0.2) is 6.04 Å². The van der Waals surface area contributed by atoms with Crippen molar-refractivity contribution in [1.82, 2.24) is 0 Å². The molecule has 0 saturated heterocycles. The van der Waals surface area contributed by atoms with Crippen LogP contribution in [0, 0.1) is 10.1 Å². The molecule has 2 aromatic carbocycles. The van der Waals surface area contributed by atoms with E-state index in [0.29, 0.717) is 5.69 Å². The highest BCUT2D eigenvalue weighted by molar-refractivity contribution is 5.78. The Labute approximate surface area is 155 Å². The molecule has 0 fully saturated rings. The number of nitrogens with one attached hydrogen (secondary N) is 1. The molecule has 0 spiro atoms. The number of nitro benzene ring substituents is 1. The predicted molar refractivity (Wildman–Crippen MR) is 101 cm³/mol. The highest BCUT2D eigenvalue weighted by atomic mass is 16.6. The summed E-state index contributed by atoms with van der Waals surface area (Å²) in [6.45, 7) is 0. The Bertz CT molecular complexity index is 861. The van der Waals surface area contributed by atoms with E-state index in [4.69, 9.17) is 10.3 Å². The zero-order valence-electron chi connectivity index (χ0n) is 14.4. The Morgan fingerprint density at radius 3 is 2.48 bits per heavy atom. The van der Waals surface area contributed by atoms with Crippen LogP contribution in [0.4, 0.5) is 11.4 Å². The first-order valence-corrected chi connectivity index (χ1v) is 7.91. The lowest BCUT2D eigenvalue weighted by Gasteiger charge is -2.21. The van der Waals surface area contributed by atoms with E-state index in [1.54, 1.807) is 12.2 Å². The Morgan fingerprint density at radius 2 is 1.93 bits per heavy atom. The summed E-state index contributed by atoms with van der Waals surface area (Å²) in [4.78, 5) is 25.0. The van der Waals surface area contributed by atoms with E-state index in [1.165, 1.54) is 31.4 Å². The number of nitro groups is 1. The van der Waals surface area contributed by atoms with E-state index in [2.05, 4.69) is 15.3 Å². The van der Waals surface area contributed by atoms with Crippen LogP contribution >= 0.6 is 0 Å². The van der Waals surface area contributed by atoms with Gasteiger partial charge in [-0.1, -0.05) is 47.6 Å². The molecule has 138 valence electrons. The quantitative estimate of drug-likeness (QED) is 0.188. The molecule has 0 aliphatic heterocycles. The first-order valence-electron chi connectivity index (χ1n) is 7.91. The predicted octanol–water partition coefficient (Wildman–Crippen LogP) is 3.94. The summed E-state index contributed by atoms with van der Waals surface area (Å²) in [6.07, 6.45) is 3.44. The van der Waals surface area contributed by atoms with Crippen LogP contribution in [0.3, 0.4) is 0 Å². The molecule has 2 aromatic rings. The number of methoxy groups -OCH3 is 1. The molecule has 0 aromatic heterocycles. The standard InChI is InChI=1S/C18H17N5O4/c1-27-18(24)17(21-22-19)16(12-7-13-5-3-2-4-6-13)20-14-8-10-15(11-9-14)23(25)26/h2-12,16-17,20H,1H3/b12-7+/t16-,17-/m0/s1. The van der Waals surface area contributed by atoms with Crippen LogP contribution in [0.1, 0.15) is 5.56 Å². The van der Waals surface area contributed by atoms with Gasteiger partial charge in [-0.2, -0.15) is 0 Å². The maximum Gasteiger partial charge on any atom is 0.317 e. The molecule has 0 heterocycles. The average Bonchev–Trinajstić information content (AvgIpc) is 2.70. The molecule has 0 saturated carbocycles. The number of benzene rings is 2. The molecule has 2 atom stereocenters. The number of hydrogen-bond acceptors (Lipinski definition) is 6. The SMILES string of the molecule is COC(=O)[C@@H](N=[N+]=[N-])[C@H](/C=C/c1ccccc1)Nc1ccc([N+](=O)[O-])cc1. The number of hydrogen-bond donors (Lipinski definition) is 1. The number of anilines is 1. The van der Waals surface area contributed by atoms with Crippen molar-refractivity contribution < 1.29 is 14.5 Å². The van der Waals surface area contributed by atoms with Crippen molar-refractivity contribution in [2.24, 2.45) is 5.11 Å². The second kappa shape index (κ2) is 9.59. The van der Waals surface area contributed by atoms with Gasteiger partial charge in [0.05, 0.1) is 18.1 Å². The Balaban J connectivity index is 2.32. The molecule has 9 nitrogen and oxygen atoms in total. The van der Waals surface area contributed by atoms with Gasteiger partial charge in [0.2, 0.25) is 0 Å². The van der Waals surface area contributed by atoms with E-state index in [1.807, 2.05) is 30.3 Å².